The second-order valence-corrected chi connectivity index (χ2v) is 4.75. The first-order chi connectivity index (χ1) is 10.4. The van der Waals surface area contributed by atoms with Crippen LogP contribution in [0.15, 0.2) is 54.6 Å². The van der Waals surface area contributed by atoms with Crippen molar-refractivity contribution in [3.05, 3.63) is 66.0 Å². The van der Waals surface area contributed by atoms with Crippen LogP contribution in [-0.4, -0.2) is 20.2 Å². The summed E-state index contributed by atoms with van der Waals surface area (Å²) in [5.41, 5.74) is 3.35. The smallest absolute Gasteiger partial charge is 0.175 e. The van der Waals surface area contributed by atoms with E-state index in [9.17, 15) is 0 Å². The highest BCUT2D eigenvalue weighted by Crippen LogP contribution is 2.13. The molecule has 0 aliphatic rings. The first-order valence-corrected chi connectivity index (χ1v) is 7.02. The van der Waals surface area contributed by atoms with Crippen LogP contribution in [0.4, 0.5) is 5.69 Å². The van der Waals surface area contributed by atoms with E-state index in [1.165, 1.54) is 5.56 Å². The summed E-state index contributed by atoms with van der Waals surface area (Å²) in [5, 5.41) is 15.3. The normalized spacial score (nSPS) is 10.5. The lowest BCUT2D eigenvalue weighted by Gasteiger charge is -2.08. The molecule has 0 fully saturated rings. The number of hydrogen-bond acceptors (Lipinski definition) is 4. The first kappa shape index (κ1) is 13.3. The molecule has 0 atom stereocenters. The summed E-state index contributed by atoms with van der Waals surface area (Å²) >= 11 is 0. The quantitative estimate of drug-likeness (QED) is 0.780. The number of nitrogens with one attached hydrogen (secondary N) is 1. The van der Waals surface area contributed by atoms with Crippen LogP contribution >= 0.6 is 0 Å². The standard InChI is InChI=1S/C16H17N5/c1-2-13-7-6-8-14(11-13)17-12-16-18-19-20-21(16)15-9-4-3-5-10-15/h3-11,17H,2,12H2,1H3. The summed E-state index contributed by atoms with van der Waals surface area (Å²) in [7, 11) is 0. The molecule has 0 bridgehead atoms. The average Bonchev–Trinajstić information content (AvgIpc) is 3.02. The van der Waals surface area contributed by atoms with Gasteiger partial charge in [-0.25, -0.2) is 0 Å². The number of nitrogens with zero attached hydrogens (tertiary/aromatic N) is 4. The van der Waals surface area contributed by atoms with Crippen molar-refractivity contribution >= 4 is 5.69 Å². The van der Waals surface area contributed by atoms with E-state index < -0.39 is 0 Å². The number of benzene rings is 2. The van der Waals surface area contributed by atoms with Crippen molar-refractivity contribution in [2.75, 3.05) is 5.32 Å². The maximum Gasteiger partial charge on any atom is 0.175 e. The highest BCUT2D eigenvalue weighted by Gasteiger charge is 2.07. The van der Waals surface area contributed by atoms with Crippen LogP contribution in [0.5, 0.6) is 0 Å². The van der Waals surface area contributed by atoms with Gasteiger partial charge in [0.05, 0.1) is 12.2 Å². The average molecular weight is 279 g/mol. The topological polar surface area (TPSA) is 55.6 Å². The highest BCUT2D eigenvalue weighted by atomic mass is 15.5. The molecule has 21 heavy (non-hydrogen) atoms. The van der Waals surface area contributed by atoms with Crippen molar-refractivity contribution in [2.45, 2.75) is 19.9 Å². The van der Waals surface area contributed by atoms with Crippen LogP contribution in [0, 0.1) is 0 Å². The Hall–Kier alpha value is -2.69. The van der Waals surface area contributed by atoms with Crippen molar-refractivity contribution in [3.63, 3.8) is 0 Å². The molecule has 2 aromatic carbocycles. The third-order valence-electron chi connectivity index (χ3n) is 3.32. The Labute approximate surface area is 123 Å². The Morgan fingerprint density at radius 1 is 1.05 bits per heavy atom. The predicted molar refractivity (Wildman–Crippen MR) is 82.3 cm³/mol. The number of hydrogen-bond donors (Lipinski definition) is 1. The SMILES string of the molecule is CCc1cccc(NCc2nnnn2-c2ccccc2)c1. The fourth-order valence-electron chi connectivity index (χ4n) is 2.17. The second kappa shape index (κ2) is 6.17. The van der Waals surface area contributed by atoms with Gasteiger partial charge in [-0.05, 0) is 46.7 Å². The van der Waals surface area contributed by atoms with Crippen LogP contribution in [0.3, 0.4) is 0 Å². The Morgan fingerprint density at radius 3 is 2.71 bits per heavy atom. The van der Waals surface area contributed by atoms with Crippen LogP contribution < -0.4 is 5.32 Å². The van der Waals surface area contributed by atoms with Gasteiger partial charge in [-0.3, -0.25) is 0 Å². The lowest BCUT2D eigenvalue weighted by Crippen LogP contribution is -2.08. The Bertz CT molecular complexity index is 705. The summed E-state index contributed by atoms with van der Waals surface area (Å²) < 4.78 is 1.75. The molecule has 1 N–H and O–H groups in total. The van der Waals surface area contributed by atoms with Gasteiger partial charge < -0.3 is 5.32 Å². The van der Waals surface area contributed by atoms with Crippen LogP contribution in [0.1, 0.15) is 18.3 Å². The fraction of sp³-hybridized carbons (Fsp3) is 0.188. The molecule has 0 saturated carbocycles. The molecule has 0 aliphatic heterocycles. The summed E-state index contributed by atoms with van der Waals surface area (Å²) in [6, 6.07) is 18.3. The van der Waals surface area contributed by atoms with E-state index in [1.54, 1.807) is 4.68 Å². The monoisotopic (exact) mass is 279 g/mol. The lowest BCUT2D eigenvalue weighted by molar-refractivity contribution is 0.768. The van der Waals surface area contributed by atoms with E-state index in [0.717, 1.165) is 23.6 Å². The van der Waals surface area contributed by atoms with Gasteiger partial charge in [0.1, 0.15) is 0 Å². The largest absolute Gasteiger partial charge is 0.378 e. The molecule has 5 heteroatoms. The number of tetrazole rings is 1. The predicted octanol–water partition coefficient (Wildman–Crippen LogP) is 2.84. The molecule has 106 valence electrons. The van der Waals surface area contributed by atoms with E-state index in [1.807, 2.05) is 30.3 Å². The number of aryl methyl sites for hydroxylation is 1. The Kier molecular flexibility index (Phi) is 3.91. The molecule has 5 nitrogen and oxygen atoms in total. The molecule has 0 amide bonds. The van der Waals surface area contributed by atoms with Gasteiger partial charge in [0.15, 0.2) is 5.82 Å². The third-order valence-corrected chi connectivity index (χ3v) is 3.32. The van der Waals surface area contributed by atoms with Gasteiger partial charge in [0, 0.05) is 5.69 Å². The van der Waals surface area contributed by atoms with Crippen molar-refractivity contribution < 1.29 is 0 Å². The van der Waals surface area contributed by atoms with Crippen molar-refractivity contribution in [1.82, 2.24) is 20.2 Å². The zero-order valence-electron chi connectivity index (χ0n) is 11.9. The molecule has 0 unspecified atom stereocenters. The minimum Gasteiger partial charge on any atom is -0.378 e. The van der Waals surface area contributed by atoms with E-state index in [2.05, 4.69) is 52.0 Å². The number of para-hydroxylation sites is 1. The fourth-order valence-corrected chi connectivity index (χ4v) is 2.17. The summed E-state index contributed by atoms with van der Waals surface area (Å²) in [6.45, 7) is 2.73. The van der Waals surface area contributed by atoms with E-state index in [4.69, 9.17) is 0 Å². The van der Waals surface area contributed by atoms with Crippen LogP contribution in [0.25, 0.3) is 5.69 Å². The lowest BCUT2D eigenvalue weighted by atomic mass is 10.1. The number of rotatable bonds is 5. The van der Waals surface area contributed by atoms with Gasteiger partial charge in [0.25, 0.3) is 0 Å². The molecule has 3 rings (SSSR count). The van der Waals surface area contributed by atoms with E-state index in [0.29, 0.717) is 6.54 Å². The highest BCUT2D eigenvalue weighted by molar-refractivity contribution is 5.46. The first-order valence-electron chi connectivity index (χ1n) is 7.02. The molecule has 0 radical (unpaired) electrons. The maximum absolute atomic E-state index is 4.09. The van der Waals surface area contributed by atoms with Gasteiger partial charge in [-0.1, -0.05) is 37.3 Å². The summed E-state index contributed by atoms with van der Waals surface area (Å²) in [6.07, 6.45) is 1.03. The molecule has 1 aromatic heterocycles. The number of anilines is 1. The van der Waals surface area contributed by atoms with Crippen LogP contribution in [-0.2, 0) is 13.0 Å². The molecule has 0 saturated heterocycles. The third kappa shape index (κ3) is 3.08. The summed E-state index contributed by atoms with van der Waals surface area (Å²) in [5.74, 6) is 0.781. The Morgan fingerprint density at radius 2 is 1.90 bits per heavy atom. The minimum atomic E-state index is 0.578. The van der Waals surface area contributed by atoms with Gasteiger partial charge >= 0.3 is 0 Å². The molecule has 1 heterocycles. The number of aromatic nitrogens is 4. The molecule has 0 aliphatic carbocycles. The molecule has 0 spiro atoms. The van der Waals surface area contributed by atoms with E-state index >= 15 is 0 Å². The van der Waals surface area contributed by atoms with Crippen LogP contribution in [0.2, 0.25) is 0 Å². The van der Waals surface area contributed by atoms with Gasteiger partial charge in [-0.15, -0.1) is 5.10 Å². The van der Waals surface area contributed by atoms with E-state index in [-0.39, 0.29) is 0 Å². The van der Waals surface area contributed by atoms with Crippen molar-refractivity contribution in [1.29, 1.82) is 0 Å². The zero-order chi connectivity index (χ0) is 14.5. The molecular weight excluding hydrogens is 262 g/mol. The van der Waals surface area contributed by atoms with Crippen molar-refractivity contribution in [3.8, 4) is 5.69 Å². The molecular formula is C16H17N5. The minimum absolute atomic E-state index is 0.578. The summed E-state index contributed by atoms with van der Waals surface area (Å²) in [4.78, 5) is 0. The Balaban J connectivity index is 1.76. The second-order valence-electron chi connectivity index (χ2n) is 4.75. The van der Waals surface area contributed by atoms with Gasteiger partial charge in [-0.2, -0.15) is 4.68 Å². The van der Waals surface area contributed by atoms with Gasteiger partial charge in [0.2, 0.25) is 0 Å². The molecule has 3 aromatic rings. The zero-order valence-corrected chi connectivity index (χ0v) is 11.9. The van der Waals surface area contributed by atoms with Crippen molar-refractivity contribution in [2.24, 2.45) is 0 Å². The maximum atomic E-state index is 4.09.